The Labute approximate surface area is 174 Å². The number of aliphatic carboxylic acids is 2. The van der Waals surface area contributed by atoms with E-state index in [0.29, 0.717) is 24.1 Å². The predicted octanol–water partition coefficient (Wildman–Crippen LogP) is 2.02. The van der Waals surface area contributed by atoms with Crippen molar-refractivity contribution in [2.24, 2.45) is 5.92 Å². The van der Waals surface area contributed by atoms with Crippen molar-refractivity contribution >= 4 is 23.9 Å². The van der Waals surface area contributed by atoms with Crippen LogP contribution in [0.25, 0.3) is 6.08 Å². The van der Waals surface area contributed by atoms with Crippen molar-refractivity contribution in [3.05, 3.63) is 47.6 Å². The fourth-order valence-corrected chi connectivity index (χ4v) is 3.93. The number of carbonyl (C=O) groups excluding carboxylic acids is 1. The first-order valence-electron chi connectivity index (χ1n) is 9.98. The van der Waals surface area contributed by atoms with Crippen LogP contribution in [0.4, 0.5) is 0 Å². The summed E-state index contributed by atoms with van der Waals surface area (Å²) < 4.78 is 5.73. The summed E-state index contributed by atoms with van der Waals surface area (Å²) in [4.78, 5) is 34.1. The van der Waals surface area contributed by atoms with Gasteiger partial charge in [0.15, 0.2) is 0 Å². The fraction of sp³-hybridized carbons (Fsp3) is 0.409. The number of hydrogen-bond donors (Lipinski definition) is 3. The Balaban J connectivity index is 0.000000275. The molecule has 4 aliphatic heterocycles. The highest BCUT2D eigenvalue weighted by atomic mass is 16.5. The van der Waals surface area contributed by atoms with Gasteiger partial charge in [-0.15, -0.1) is 0 Å². The van der Waals surface area contributed by atoms with Gasteiger partial charge in [0.05, 0.1) is 0 Å². The molecular formula is C22H26N2O6. The smallest absolute Gasteiger partial charge is 0.328 e. The van der Waals surface area contributed by atoms with Crippen molar-refractivity contribution in [1.82, 2.24) is 10.2 Å². The molecule has 3 saturated heterocycles. The summed E-state index contributed by atoms with van der Waals surface area (Å²) in [5.74, 6) is -0.974. The van der Waals surface area contributed by atoms with Gasteiger partial charge in [-0.1, -0.05) is 6.08 Å². The SMILES string of the molecule is CC1C=Cc2cc(C(=O)N[C@H]3CN4CCC3CC4)ccc2O1.O=C(O)/C=C/C(=O)O. The summed E-state index contributed by atoms with van der Waals surface area (Å²) in [6.45, 7) is 5.39. The van der Waals surface area contributed by atoms with Gasteiger partial charge in [-0.05, 0) is 63.0 Å². The van der Waals surface area contributed by atoms with Gasteiger partial charge in [-0.2, -0.15) is 0 Å². The van der Waals surface area contributed by atoms with Crippen molar-refractivity contribution in [3.63, 3.8) is 0 Å². The molecule has 0 aromatic heterocycles. The van der Waals surface area contributed by atoms with E-state index >= 15 is 0 Å². The van der Waals surface area contributed by atoms with Crippen LogP contribution in [0.5, 0.6) is 5.75 Å². The minimum atomic E-state index is -1.26. The number of nitrogens with zero attached hydrogens (tertiary/aromatic N) is 1. The van der Waals surface area contributed by atoms with Crippen LogP contribution in [0.2, 0.25) is 0 Å². The van der Waals surface area contributed by atoms with E-state index in [1.165, 1.54) is 25.9 Å². The van der Waals surface area contributed by atoms with Crippen molar-refractivity contribution in [2.75, 3.05) is 19.6 Å². The molecule has 1 amide bonds. The first-order chi connectivity index (χ1) is 14.3. The number of carboxylic acids is 2. The molecule has 4 heterocycles. The second kappa shape index (κ2) is 9.58. The van der Waals surface area contributed by atoms with E-state index in [1.807, 2.05) is 37.3 Å². The van der Waals surface area contributed by atoms with Crippen LogP contribution in [-0.4, -0.2) is 64.7 Å². The number of hydrogen-bond acceptors (Lipinski definition) is 5. The minimum Gasteiger partial charge on any atom is -0.486 e. The lowest BCUT2D eigenvalue weighted by molar-refractivity contribution is -0.134. The van der Waals surface area contributed by atoms with Crippen LogP contribution in [0.3, 0.4) is 0 Å². The highest BCUT2D eigenvalue weighted by Gasteiger charge is 2.35. The molecule has 8 nitrogen and oxygen atoms in total. The van der Waals surface area contributed by atoms with Crippen molar-refractivity contribution < 1.29 is 29.3 Å². The van der Waals surface area contributed by atoms with Gasteiger partial charge in [0.1, 0.15) is 11.9 Å². The Hall–Kier alpha value is -3.13. The van der Waals surface area contributed by atoms with Crippen LogP contribution in [0, 0.1) is 5.92 Å². The molecule has 1 aromatic carbocycles. The van der Waals surface area contributed by atoms with Crippen LogP contribution in [-0.2, 0) is 9.59 Å². The van der Waals surface area contributed by atoms with E-state index < -0.39 is 11.9 Å². The van der Waals surface area contributed by atoms with Crippen LogP contribution >= 0.6 is 0 Å². The van der Waals surface area contributed by atoms with Crippen molar-refractivity contribution in [3.8, 4) is 5.75 Å². The zero-order valence-corrected chi connectivity index (χ0v) is 16.8. The second-order valence-electron chi connectivity index (χ2n) is 7.66. The highest BCUT2D eigenvalue weighted by molar-refractivity contribution is 5.95. The zero-order chi connectivity index (χ0) is 21.7. The Morgan fingerprint density at radius 2 is 1.80 bits per heavy atom. The Morgan fingerprint density at radius 1 is 1.13 bits per heavy atom. The molecule has 160 valence electrons. The van der Waals surface area contributed by atoms with Crippen molar-refractivity contribution in [1.29, 1.82) is 0 Å². The minimum absolute atomic E-state index is 0.0357. The maximum absolute atomic E-state index is 12.5. The number of ether oxygens (including phenoxy) is 1. The molecule has 2 atom stereocenters. The number of carboxylic acid groups (broad SMARTS) is 2. The summed E-state index contributed by atoms with van der Waals surface area (Å²) in [6.07, 6.45) is 7.68. The maximum Gasteiger partial charge on any atom is 0.328 e. The van der Waals surface area contributed by atoms with E-state index in [-0.39, 0.29) is 12.0 Å². The molecule has 2 bridgehead atoms. The third-order valence-corrected chi connectivity index (χ3v) is 5.47. The standard InChI is InChI=1S/C18H22N2O2.C4H4O4/c1-12-2-3-14-10-15(4-5-17(14)22-12)18(21)19-16-11-20-8-6-13(16)7-9-20;5-3(6)1-2-4(7)8/h2-5,10,12-13,16H,6-9,11H2,1H3,(H,19,21);1-2H,(H,5,6)(H,7,8)/b;2-1+/t12?,16-;/m0./s1. The Kier molecular flexibility index (Phi) is 6.89. The number of amides is 1. The molecule has 1 aromatic rings. The molecule has 0 radical (unpaired) electrons. The summed E-state index contributed by atoms with van der Waals surface area (Å²) in [5, 5.41) is 18.9. The van der Waals surface area contributed by atoms with Gasteiger partial charge in [0.2, 0.25) is 0 Å². The van der Waals surface area contributed by atoms with Crippen LogP contribution < -0.4 is 10.1 Å². The van der Waals surface area contributed by atoms with Gasteiger partial charge in [0, 0.05) is 35.9 Å². The molecule has 3 fully saturated rings. The topological polar surface area (TPSA) is 116 Å². The normalized spacial score (nSPS) is 26.2. The highest BCUT2D eigenvalue weighted by Crippen LogP contribution is 2.29. The van der Waals surface area contributed by atoms with E-state index in [2.05, 4.69) is 10.2 Å². The third kappa shape index (κ3) is 5.70. The molecule has 0 saturated carbocycles. The molecule has 0 aliphatic carbocycles. The van der Waals surface area contributed by atoms with Gasteiger partial charge < -0.3 is 25.2 Å². The quantitative estimate of drug-likeness (QED) is 0.646. The van der Waals surface area contributed by atoms with E-state index in [4.69, 9.17) is 14.9 Å². The number of carbonyl (C=O) groups is 3. The largest absolute Gasteiger partial charge is 0.486 e. The molecule has 5 rings (SSSR count). The number of nitrogens with one attached hydrogen (secondary N) is 1. The first kappa shape index (κ1) is 21.6. The van der Waals surface area contributed by atoms with Crippen LogP contribution in [0.15, 0.2) is 36.4 Å². The third-order valence-electron chi connectivity index (χ3n) is 5.47. The van der Waals surface area contributed by atoms with Gasteiger partial charge in [0.25, 0.3) is 5.91 Å². The Morgan fingerprint density at radius 3 is 2.37 bits per heavy atom. The van der Waals surface area contributed by atoms with Crippen LogP contribution in [0.1, 0.15) is 35.7 Å². The van der Waals surface area contributed by atoms with E-state index in [0.717, 1.165) is 23.4 Å². The van der Waals surface area contributed by atoms with Crippen molar-refractivity contribution in [2.45, 2.75) is 31.9 Å². The average molecular weight is 414 g/mol. The summed E-state index contributed by atoms with van der Waals surface area (Å²) >= 11 is 0. The summed E-state index contributed by atoms with van der Waals surface area (Å²) in [7, 11) is 0. The lowest BCUT2D eigenvalue weighted by Crippen LogP contribution is -2.57. The van der Waals surface area contributed by atoms with Gasteiger partial charge >= 0.3 is 11.9 Å². The molecule has 8 heteroatoms. The zero-order valence-electron chi connectivity index (χ0n) is 16.8. The maximum atomic E-state index is 12.5. The lowest BCUT2D eigenvalue weighted by atomic mass is 9.84. The monoisotopic (exact) mass is 414 g/mol. The number of benzene rings is 1. The number of rotatable bonds is 4. The Bertz CT molecular complexity index is 854. The average Bonchev–Trinajstić information content (AvgIpc) is 2.73. The molecule has 1 unspecified atom stereocenters. The van der Waals surface area contributed by atoms with Gasteiger partial charge in [-0.25, -0.2) is 9.59 Å². The number of piperidine rings is 3. The van der Waals surface area contributed by atoms with Gasteiger partial charge in [-0.3, -0.25) is 4.79 Å². The number of fused-ring (bicyclic) bond motifs is 4. The summed E-state index contributed by atoms with van der Waals surface area (Å²) in [6, 6.07) is 5.99. The second-order valence-corrected chi connectivity index (χ2v) is 7.66. The molecule has 4 aliphatic rings. The van der Waals surface area contributed by atoms with E-state index in [9.17, 15) is 14.4 Å². The molecule has 0 spiro atoms. The first-order valence-corrected chi connectivity index (χ1v) is 9.98. The molecule has 3 N–H and O–H groups in total. The molecular weight excluding hydrogens is 388 g/mol. The van der Waals surface area contributed by atoms with E-state index in [1.54, 1.807) is 0 Å². The summed E-state index contributed by atoms with van der Waals surface area (Å²) in [5.41, 5.74) is 1.71. The fourth-order valence-electron chi connectivity index (χ4n) is 3.93. The molecule has 30 heavy (non-hydrogen) atoms. The predicted molar refractivity (Wildman–Crippen MR) is 110 cm³/mol. The lowest BCUT2D eigenvalue weighted by Gasteiger charge is -2.44.